The van der Waals surface area contributed by atoms with E-state index in [-0.39, 0.29) is 12.9 Å². The van der Waals surface area contributed by atoms with Gasteiger partial charge in [0, 0.05) is 17.1 Å². The summed E-state index contributed by atoms with van der Waals surface area (Å²) in [6.07, 6.45) is 6.02. The lowest BCUT2D eigenvalue weighted by Crippen LogP contribution is -2.48. The van der Waals surface area contributed by atoms with Crippen molar-refractivity contribution in [2.45, 2.75) is 51.0 Å². The topological polar surface area (TPSA) is 102 Å². The minimum absolute atomic E-state index is 0.0423. The van der Waals surface area contributed by atoms with Gasteiger partial charge in [0.2, 0.25) is 0 Å². The molecular formula is C27H30N6O. The third kappa shape index (κ3) is 3.72. The van der Waals surface area contributed by atoms with Crippen molar-refractivity contribution in [2.75, 3.05) is 21.3 Å². The number of aromatic nitrogens is 2. The van der Waals surface area contributed by atoms with E-state index in [2.05, 4.69) is 62.1 Å². The second-order valence-electron chi connectivity index (χ2n) is 9.36. The van der Waals surface area contributed by atoms with Gasteiger partial charge < -0.3 is 26.4 Å². The maximum Gasteiger partial charge on any atom is 0.177 e. The zero-order valence-electron chi connectivity index (χ0n) is 19.1. The summed E-state index contributed by atoms with van der Waals surface area (Å²) < 4.78 is 0. The minimum atomic E-state index is -0.116. The average molecular weight is 455 g/mol. The van der Waals surface area contributed by atoms with Crippen LogP contribution in [0.5, 0.6) is 0 Å². The van der Waals surface area contributed by atoms with E-state index in [1.165, 1.54) is 32.1 Å². The summed E-state index contributed by atoms with van der Waals surface area (Å²) in [5.41, 5.74) is 13.1. The number of H-pyrrole nitrogens is 1. The number of fused-ring (bicyclic) bond motifs is 2. The first kappa shape index (κ1) is 20.9. The number of aliphatic hydroxyl groups excluding tert-OH is 1. The van der Waals surface area contributed by atoms with Crippen LogP contribution in [0, 0.1) is 0 Å². The molecule has 34 heavy (non-hydrogen) atoms. The van der Waals surface area contributed by atoms with Crippen LogP contribution >= 0.6 is 0 Å². The molecule has 1 fully saturated rings. The molecule has 1 unspecified atom stereocenters. The van der Waals surface area contributed by atoms with Gasteiger partial charge in [0.1, 0.15) is 0 Å². The number of nitrogen functional groups attached to an aromatic ring is 1. The lowest BCUT2D eigenvalue weighted by atomic mass is 9.94. The van der Waals surface area contributed by atoms with Crippen LogP contribution in [0.3, 0.4) is 0 Å². The molecule has 0 spiro atoms. The third-order valence-corrected chi connectivity index (χ3v) is 7.12. The average Bonchev–Trinajstić information content (AvgIpc) is 3.44. The molecule has 3 aromatic carbocycles. The first-order chi connectivity index (χ1) is 16.7. The first-order valence-corrected chi connectivity index (χ1v) is 12.1. The van der Waals surface area contributed by atoms with Crippen molar-refractivity contribution >= 4 is 33.8 Å². The summed E-state index contributed by atoms with van der Waals surface area (Å²) >= 11 is 0. The van der Waals surface area contributed by atoms with Gasteiger partial charge in [-0.3, -0.25) is 5.10 Å². The van der Waals surface area contributed by atoms with Crippen molar-refractivity contribution in [3.63, 3.8) is 0 Å². The molecule has 1 saturated carbocycles. The smallest absolute Gasteiger partial charge is 0.177 e. The van der Waals surface area contributed by atoms with Crippen LogP contribution in [0.1, 0.15) is 37.7 Å². The number of hydrogen-bond donors (Lipinski definition) is 5. The normalized spacial score (nSPS) is 18.1. The second kappa shape index (κ2) is 8.57. The van der Waals surface area contributed by atoms with Crippen LogP contribution < -0.4 is 21.3 Å². The molecule has 0 saturated heterocycles. The number of anilines is 4. The molecule has 1 aliphatic carbocycles. The first-order valence-electron chi connectivity index (χ1n) is 12.1. The van der Waals surface area contributed by atoms with Gasteiger partial charge in [-0.15, -0.1) is 0 Å². The molecule has 174 valence electrons. The molecule has 0 amide bonds. The highest BCUT2D eigenvalue weighted by Crippen LogP contribution is 2.41. The third-order valence-electron chi connectivity index (χ3n) is 7.12. The maximum atomic E-state index is 9.72. The summed E-state index contributed by atoms with van der Waals surface area (Å²) in [4.78, 5) is 2.45. The quantitative estimate of drug-likeness (QED) is 0.264. The number of aromatic amines is 1. The van der Waals surface area contributed by atoms with Crippen molar-refractivity contribution in [1.82, 2.24) is 10.2 Å². The molecule has 1 aliphatic heterocycles. The molecule has 1 aromatic heterocycles. The molecule has 0 radical (unpaired) electrons. The number of aliphatic hydroxyl groups is 1. The Morgan fingerprint density at radius 2 is 1.85 bits per heavy atom. The lowest BCUT2D eigenvalue weighted by molar-refractivity contribution is 0.282. The van der Waals surface area contributed by atoms with Crippen molar-refractivity contribution < 1.29 is 5.11 Å². The van der Waals surface area contributed by atoms with Crippen molar-refractivity contribution in [2.24, 2.45) is 0 Å². The van der Waals surface area contributed by atoms with E-state index >= 15 is 0 Å². The monoisotopic (exact) mass is 454 g/mol. The van der Waals surface area contributed by atoms with Crippen molar-refractivity contribution in [1.29, 1.82) is 0 Å². The number of nitrogens with zero attached hydrogens (tertiary/aromatic N) is 2. The molecule has 0 bridgehead atoms. The van der Waals surface area contributed by atoms with E-state index in [9.17, 15) is 5.11 Å². The predicted octanol–water partition coefficient (Wildman–Crippen LogP) is 5.26. The Labute approximate surface area is 199 Å². The summed E-state index contributed by atoms with van der Waals surface area (Å²) in [7, 11) is 0. The maximum absolute atomic E-state index is 9.72. The molecular weight excluding hydrogens is 424 g/mol. The van der Waals surface area contributed by atoms with Crippen molar-refractivity contribution in [3.8, 4) is 11.1 Å². The Hall–Kier alpha value is -3.71. The van der Waals surface area contributed by atoms with Gasteiger partial charge in [0.05, 0.1) is 23.5 Å². The van der Waals surface area contributed by atoms with Crippen molar-refractivity contribution in [3.05, 3.63) is 66.2 Å². The SMILES string of the molecule is Nc1cccc(-c2ccc3[nH]nc(NC4Nc5ccc(CO)cc5N4C4CCCCC4)c3c2)c1. The van der Waals surface area contributed by atoms with Crippen LogP contribution in [0.2, 0.25) is 0 Å². The van der Waals surface area contributed by atoms with Crippen LogP contribution in [-0.2, 0) is 6.61 Å². The fraction of sp³-hybridized carbons (Fsp3) is 0.296. The second-order valence-corrected chi connectivity index (χ2v) is 9.36. The summed E-state index contributed by atoms with van der Waals surface area (Å²) in [5.74, 6) is 0.814. The largest absolute Gasteiger partial charge is 0.399 e. The number of nitrogens with two attached hydrogens (primary N) is 1. The van der Waals surface area contributed by atoms with Gasteiger partial charge in [-0.1, -0.05) is 43.5 Å². The van der Waals surface area contributed by atoms with Gasteiger partial charge in [-0.05, 0) is 65.9 Å². The van der Waals surface area contributed by atoms with E-state index in [1.54, 1.807) is 0 Å². The minimum Gasteiger partial charge on any atom is -0.399 e. The van der Waals surface area contributed by atoms with E-state index in [4.69, 9.17) is 5.73 Å². The fourth-order valence-corrected chi connectivity index (χ4v) is 5.39. The molecule has 7 nitrogen and oxygen atoms in total. The Morgan fingerprint density at radius 3 is 2.68 bits per heavy atom. The Morgan fingerprint density at radius 1 is 1.00 bits per heavy atom. The van der Waals surface area contributed by atoms with Crippen LogP contribution in [0.15, 0.2) is 60.7 Å². The molecule has 7 heteroatoms. The highest BCUT2D eigenvalue weighted by atomic mass is 16.3. The van der Waals surface area contributed by atoms with Crippen LogP contribution in [0.4, 0.5) is 22.9 Å². The van der Waals surface area contributed by atoms with E-state index in [1.807, 2.05) is 24.3 Å². The molecule has 6 N–H and O–H groups in total. The number of hydrogen-bond acceptors (Lipinski definition) is 6. The number of rotatable bonds is 5. The Bertz CT molecular complexity index is 1330. The van der Waals surface area contributed by atoms with Crippen LogP contribution in [-0.4, -0.2) is 27.6 Å². The van der Waals surface area contributed by atoms with Gasteiger partial charge in [-0.2, -0.15) is 5.10 Å². The Balaban J connectivity index is 1.35. The van der Waals surface area contributed by atoms with Gasteiger partial charge in [-0.25, -0.2) is 0 Å². The van der Waals surface area contributed by atoms with Gasteiger partial charge in [0.25, 0.3) is 0 Å². The summed E-state index contributed by atoms with van der Waals surface area (Å²) in [6, 6.07) is 20.9. The Kier molecular flexibility index (Phi) is 5.26. The molecule has 4 aromatic rings. The van der Waals surface area contributed by atoms with Gasteiger partial charge in [0.15, 0.2) is 12.1 Å². The van der Waals surface area contributed by atoms with Gasteiger partial charge >= 0.3 is 0 Å². The highest BCUT2D eigenvalue weighted by molar-refractivity contribution is 5.94. The lowest BCUT2D eigenvalue weighted by Gasteiger charge is -2.37. The standard InChI is InChI=1S/C27H30N6O/c28-20-6-4-5-18(14-20)19-10-12-23-22(15-19)26(32-31-23)30-27-29-24-11-9-17(16-34)13-25(24)33(27)21-7-2-1-3-8-21/h4-6,9-15,21,27,29,34H,1-3,7-8,16,28H2,(H2,30,31,32). The number of benzene rings is 3. The predicted molar refractivity (Wildman–Crippen MR) is 139 cm³/mol. The zero-order chi connectivity index (χ0) is 23.1. The van der Waals surface area contributed by atoms with E-state index in [0.29, 0.717) is 6.04 Å². The summed E-state index contributed by atoms with van der Waals surface area (Å²) in [5, 5.41) is 25.9. The van der Waals surface area contributed by atoms with Crippen LogP contribution in [0.25, 0.3) is 22.0 Å². The fourth-order valence-electron chi connectivity index (χ4n) is 5.39. The molecule has 6 rings (SSSR count). The van der Waals surface area contributed by atoms with E-state index < -0.39 is 0 Å². The molecule has 1 atom stereocenters. The highest BCUT2D eigenvalue weighted by Gasteiger charge is 2.35. The van der Waals surface area contributed by atoms with E-state index in [0.717, 1.165) is 50.5 Å². The number of nitrogens with one attached hydrogen (secondary N) is 3. The molecule has 2 aliphatic rings. The zero-order valence-corrected chi connectivity index (χ0v) is 19.1. The summed E-state index contributed by atoms with van der Waals surface area (Å²) in [6.45, 7) is 0.0423. The molecule has 2 heterocycles.